The molecule has 3 rings (SSSR count). The Hall–Kier alpha value is -2.12. The van der Waals surface area contributed by atoms with Crippen LogP contribution in [-0.2, 0) is 5.54 Å². The summed E-state index contributed by atoms with van der Waals surface area (Å²) in [5.74, 6) is 0. The number of hydrogen-bond acceptors (Lipinski definition) is 1. The van der Waals surface area contributed by atoms with Gasteiger partial charge in [-0.3, -0.25) is 0 Å². The molecular formula is C18H17N. The lowest BCUT2D eigenvalue weighted by molar-refractivity contribution is 0.574. The molecule has 0 amide bonds. The normalized spacial score (nSPS) is 22.1. The molecule has 94 valence electrons. The maximum atomic E-state index is 6.58. The Labute approximate surface area is 114 Å². The van der Waals surface area contributed by atoms with Crippen molar-refractivity contribution in [1.82, 2.24) is 0 Å². The SMILES string of the molecule is NC1(c2ccccc2)C=CC=C(c2ccccc2)C1. The van der Waals surface area contributed by atoms with Gasteiger partial charge in [-0.15, -0.1) is 0 Å². The zero-order valence-corrected chi connectivity index (χ0v) is 10.8. The Morgan fingerprint density at radius 1 is 0.842 bits per heavy atom. The summed E-state index contributed by atoms with van der Waals surface area (Å²) in [6, 6.07) is 20.7. The molecule has 2 aromatic carbocycles. The largest absolute Gasteiger partial charge is 0.318 e. The Morgan fingerprint density at radius 3 is 2.16 bits per heavy atom. The van der Waals surface area contributed by atoms with Crippen molar-refractivity contribution in [3.05, 3.63) is 90.0 Å². The lowest BCUT2D eigenvalue weighted by atomic mass is 9.80. The van der Waals surface area contributed by atoms with Gasteiger partial charge in [0.15, 0.2) is 0 Å². The smallest absolute Gasteiger partial charge is 0.0639 e. The van der Waals surface area contributed by atoms with E-state index in [2.05, 4.69) is 54.6 Å². The average Bonchev–Trinajstić information content (AvgIpc) is 2.49. The van der Waals surface area contributed by atoms with E-state index < -0.39 is 5.54 Å². The zero-order chi connectivity index (χ0) is 13.1. The summed E-state index contributed by atoms with van der Waals surface area (Å²) in [6.07, 6.45) is 7.15. The summed E-state index contributed by atoms with van der Waals surface area (Å²) in [5.41, 5.74) is 9.87. The van der Waals surface area contributed by atoms with E-state index in [0.29, 0.717) is 0 Å². The minimum atomic E-state index is -0.402. The maximum Gasteiger partial charge on any atom is 0.0639 e. The van der Waals surface area contributed by atoms with E-state index in [1.54, 1.807) is 0 Å². The van der Waals surface area contributed by atoms with Crippen LogP contribution >= 0.6 is 0 Å². The topological polar surface area (TPSA) is 26.0 Å². The fourth-order valence-electron chi connectivity index (χ4n) is 2.57. The van der Waals surface area contributed by atoms with E-state index in [9.17, 15) is 0 Å². The van der Waals surface area contributed by atoms with Gasteiger partial charge in [0.2, 0.25) is 0 Å². The summed E-state index contributed by atoms with van der Waals surface area (Å²) in [4.78, 5) is 0. The van der Waals surface area contributed by atoms with E-state index in [1.807, 2.05) is 24.3 Å². The predicted octanol–water partition coefficient (Wildman–Crippen LogP) is 3.88. The third kappa shape index (κ3) is 2.38. The van der Waals surface area contributed by atoms with Crippen LogP contribution in [0.25, 0.3) is 5.57 Å². The van der Waals surface area contributed by atoms with E-state index in [0.717, 1.165) is 12.0 Å². The van der Waals surface area contributed by atoms with Crippen molar-refractivity contribution >= 4 is 5.57 Å². The number of nitrogens with two attached hydrogens (primary N) is 1. The molecule has 19 heavy (non-hydrogen) atoms. The van der Waals surface area contributed by atoms with E-state index in [1.165, 1.54) is 11.1 Å². The Bertz CT molecular complexity index is 611. The first kappa shape index (κ1) is 11.9. The fraction of sp³-hybridized carbons (Fsp3) is 0.111. The van der Waals surface area contributed by atoms with Crippen LogP contribution < -0.4 is 5.73 Å². The standard InChI is InChI=1S/C18H17N/c19-18(17-11-5-2-6-12-17)13-7-10-16(14-18)15-8-3-1-4-9-15/h1-13H,14,19H2. The second-order valence-corrected chi connectivity index (χ2v) is 5.00. The molecule has 0 bridgehead atoms. The molecule has 2 N–H and O–H groups in total. The molecule has 0 radical (unpaired) electrons. The summed E-state index contributed by atoms with van der Waals surface area (Å²) in [7, 11) is 0. The summed E-state index contributed by atoms with van der Waals surface area (Å²) < 4.78 is 0. The summed E-state index contributed by atoms with van der Waals surface area (Å²) in [6.45, 7) is 0. The van der Waals surface area contributed by atoms with Crippen LogP contribution in [0, 0.1) is 0 Å². The van der Waals surface area contributed by atoms with E-state index >= 15 is 0 Å². The summed E-state index contributed by atoms with van der Waals surface area (Å²) in [5, 5.41) is 0. The van der Waals surface area contributed by atoms with Crippen molar-refractivity contribution in [2.24, 2.45) is 5.73 Å². The molecule has 0 fully saturated rings. The number of hydrogen-bond donors (Lipinski definition) is 1. The molecular weight excluding hydrogens is 230 g/mol. The monoisotopic (exact) mass is 247 g/mol. The molecule has 1 heteroatoms. The van der Waals surface area contributed by atoms with Crippen molar-refractivity contribution in [3.63, 3.8) is 0 Å². The highest BCUT2D eigenvalue weighted by Crippen LogP contribution is 2.34. The van der Waals surface area contributed by atoms with Gasteiger partial charge in [-0.25, -0.2) is 0 Å². The van der Waals surface area contributed by atoms with Crippen LogP contribution in [0.5, 0.6) is 0 Å². The highest BCUT2D eigenvalue weighted by molar-refractivity contribution is 5.70. The second-order valence-electron chi connectivity index (χ2n) is 5.00. The average molecular weight is 247 g/mol. The Morgan fingerprint density at radius 2 is 1.47 bits per heavy atom. The molecule has 0 saturated carbocycles. The number of allylic oxidation sites excluding steroid dienone is 2. The third-order valence-electron chi connectivity index (χ3n) is 3.63. The van der Waals surface area contributed by atoms with Crippen LogP contribution in [0.1, 0.15) is 17.5 Å². The van der Waals surface area contributed by atoms with Gasteiger partial charge in [0.1, 0.15) is 0 Å². The zero-order valence-electron chi connectivity index (χ0n) is 10.8. The van der Waals surface area contributed by atoms with Crippen LogP contribution in [0.4, 0.5) is 0 Å². The first-order chi connectivity index (χ1) is 9.28. The Kier molecular flexibility index (Phi) is 3.06. The number of rotatable bonds is 2. The van der Waals surface area contributed by atoms with Crippen LogP contribution in [0.2, 0.25) is 0 Å². The highest BCUT2D eigenvalue weighted by atomic mass is 14.7. The molecule has 0 aliphatic heterocycles. The van der Waals surface area contributed by atoms with Gasteiger partial charge in [0, 0.05) is 0 Å². The van der Waals surface area contributed by atoms with Gasteiger partial charge >= 0.3 is 0 Å². The molecule has 1 nitrogen and oxygen atoms in total. The molecule has 0 spiro atoms. The third-order valence-corrected chi connectivity index (χ3v) is 3.63. The van der Waals surface area contributed by atoms with Gasteiger partial charge in [0.25, 0.3) is 0 Å². The van der Waals surface area contributed by atoms with Gasteiger partial charge in [-0.2, -0.15) is 0 Å². The molecule has 1 aliphatic rings. The van der Waals surface area contributed by atoms with Crippen molar-refractivity contribution < 1.29 is 0 Å². The fourth-order valence-corrected chi connectivity index (χ4v) is 2.57. The summed E-state index contributed by atoms with van der Waals surface area (Å²) >= 11 is 0. The van der Waals surface area contributed by atoms with Crippen molar-refractivity contribution in [3.8, 4) is 0 Å². The van der Waals surface area contributed by atoms with Gasteiger partial charge < -0.3 is 5.73 Å². The quantitative estimate of drug-likeness (QED) is 0.856. The van der Waals surface area contributed by atoms with Gasteiger partial charge in [0.05, 0.1) is 5.54 Å². The second kappa shape index (κ2) is 4.87. The van der Waals surface area contributed by atoms with E-state index in [-0.39, 0.29) is 0 Å². The Balaban J connectivity index is 1.94. The molecule has 1 unspecified atom stereocenters. The first-order valence-electron chi connectivity index (χ1n) is 6.56. The van der Waals surface area contributed by atoms with Crippen molar-refractivity contribution in [2.75, 3.05) is 0 Å². The van der Waals surface area contributed by atoms with Gasteiger partial charge in [-0.05, 0) is 23.1 Å². The highest BCUT2D eigenvalue weighted by Gasteiger charge is 2.27. The molecule has 0 heterocycles. The molecule has 1 aliphatic carbocycles. The predicted molar refractivity (Wildman–Crippen MR) is 80.5 cm³/mol. The van der Waals surface area contributed by atoms with Crippen molar-refractivity contribution in [1.29, 1.82) is 0 Å². The lowest BCUT2D eigenvalue weighted by Gasteiger charge is -2.30. The van der Waals surface area contributed by atoms with E-state index in [4.69, 9.17) is 5.73 Å². The maximum absolute atomic E-state index is 6.58. The first-order valence-corrected chi connectivity index (χ1v) is 6.56. The van der Waals surface area contributed by atoms with Crippen LogP contribution in [0.15, 0.2) is 78.9 Å². The van der Waals surface area contributed by atoms with Crippen molar-refractivity contribution in [2.45, 2.75) is 12.0 Å². The molecule has 0 saturated heterocycles. The molecule has 0 aromatic heterocycles. The number of benzene rings is 2. The minimum Gasteiger partial charge on any atom is -0.318 e. The lowest BCUT2D eigenvalue weighted by Crippen LogP contribution is -2.35. The molecule has 2 aromatic rings. The van der Waals surface area contributed by atoms with Gasteiger partial charge in [-0.1, -0.05) is 78.9 Å². The minimum absolute atomic E-state index is 0.402. The van der Waals surface area contributed by atoms with Crippen LogP contribution in [-0.4, -0.2) is 0 Å². The van der Waals surface area contributed by atoms with Crippen LogP contribution in [0.3, 0.4) is 0 Å². The molecule has 1 atom stereocenters.